The van der Waals surface area contributed by atoms with Crippen molar-refractivity contribution in [2.45, 2.75) is 25.7 Å². The van der Waals surface area contributed by atoms with Crippen LogP contribution in [0.25, 0.3) is 21.9 Å². The summed E-state index contributed by atoms with van der Waals surface area (Å²) in [6.07, 6.45) is 2.49. The Morgan fingerprint density at radius 1 is 1.13 bits per heavy atom. The van der Waals surface area contributed by atoms with Gasteiger partial charge in [0.15, 0.2) is 5.96 Å². The molecule has 0 radical (unpaired) electrons. The fourth-order valence-electron chi connectivity index (χ4n) is 3.74. The number of carboxylic acids is 1. The van der Waals surface area contributed by atoms with Gasteiger partial charge in [0.2, 0.25) is 5.43 Å². The van der Waals surface area contributed by atoms with Gasteiger partial charge in [-0.1, -0.05) is 18.2 Å². The molecule has 1 atom stereocenters. The van der Waals surface area contributed by atoms with Crippen molar-refractivity contribution in [2.24, 2.45) is 4.99 Å². The van der Waals surface area contributed by atoms with Gasteiger partial charge in [-0.2, -0.15) is 0 Å². The maximum Gasteiger partial charge on any atom is 0.310 e. The molecular weight excluding hydrogens is 382 g/mol. The molecule has 7 nitrogen and oxygen atoms in total. The first-order chi connectivity index (χ1) is 14.5. The van der Waals surface area contributed by atoms with Gasteiger partial charge < -0.3 is 19.7 Å². The van der Waals surface area contributed by atoms with Crippen molar-refractivity contribution in [1.29, 1.82) is 0 Å². The molecule has 1 fully saturated rings. The fraction of sp³-hybridized carbons (Fsp3) is 0.348. The number of aliphatic imine (C=N–C) groups is 1. The highest BCUT2D eigenvalue weighted by atomic mass is 16.4. The predicted octanol–water partition coefficient (Wildman–Crippen LogP) is 3.18. The molecule has 2 N–H and O–H groups in total. The number of aliphatic carboxylic acids is 1. The van der Waals surface area contributed by atoms with Crippen LogP contribution in [0.3, 0.4) is 0 Å². The molecular formula is C23H25N3O4. The van der Waals surface area contributed by atoms with Gasteiger partial charge in [0.1, 0.15) is 11.2 Å². The second-order valence-corrected chi connectivity index (χ2v) is 7.57. The number of rotatable bonds is 2. The minimum atomic E-state index is -0.922. The van der Waals surface area contributed by atoms with Crippen molar-refractivity contribution in [3.63, 3.8) is 0 Å². The van der Waals surface area contributed by atoms with Crippen molar-refractivity contribution in [3.8, 4) is 0 Å². The van der Waals surface area contributed by atoms with Crippen LogP contribution in [-0.2, 0) is 4.79 Å². The Balaban J connectivity index is 0.000000181. The van der Waals surface area contributed by atoms with E-state index in [9.17, 15) is 9.59 Å². The molecule has 0 aliphatic carbocycles. The highest BCUT2D eigenvalue weighted by Crippen LogP contribution is 2.23. The first-order valence-electron chi connectivity index (χ1n) is 10.3. The monoisotopic (exact) mass is 407 g/mol. The van der Waals surface area contributed by atoms with E-state index < -0.39 is 11.9 Å². The molecule has 3 aromatic rings. The Bertz CT molecular complexity index is 1170. The lowest BCUT2D eigenvalue weighted by molar-refractivity contribution is -0.138. The second-order valence-electron chi connectivity index (χ2n) is 7.57. The molecule has 1 unspecified atom stereocenters. The molecule has 3 heterocycles. The molecule has 0 saturated carbocycles. The first kappa shape index (κ1) is 19.9. The lowest BCUT2D eigenvalue weighted by Crippen LogP contribution is -2.49. The van der Waals surface area contributed by atoms with Gasteiger partial charge in [0.05, 0.1) is 16.7 Å². The number of nitrogens with one attached hydrogen (secondary N) is 1. The first-order valence-corrected chi connectivity index (χ1v) is 10.3. The number of carbonyl (C=O) groups is 1. The zero-order chi connectivity index (χ0) is 21.1. The van der Waals surface area contributed by atoms with E-state index in [0.29, 0.717) is 27.5 Å². The normalized spacial score (nSPS) is 16.7. The van der Waals surface area contributed by atoms with E-state index in [4.69, 9.17) is 9.52 Å². The van der Waals surface area contributed by atoms with E-state index in [0.717, 1.165) is 19.0 Å². The number of hydrogen-bond donors (Lipinski definition) is 2. The molecule has 7 heteroatoms. The third-order valence-corrected chi connectivity index (χ3v) is 5.51. The fourth-order valence-corrected chi connectivity index (χ4v) is 3.74. The summed E-state index contributed by atoms with van der Waals surface area (Å²) in [7, 11) is 0. The number of benzene rings is 2. The summed E-state index contributed by atoms with van der Waals surface area (Å²) in [4.78, 5) is 30.2. The Kier molecular flexibility index (Phi) is 5.70. The van der Waals surface area contributed by atoms with Crippen LogP contribution in [0.4, 0.5) is 0 Å². The molecule has 156 valence electrons. The molecule has 30 heavy (non-hydrogen) atoms. The van der Waals surface area contributed by atoms with Crippen molar-refractivity contribution >= 4 is 33.9 Å². The van der Waals surface area contributed by atoms with Crippen molar-refractivity contribution < 1.29 is 14.3 Å². The summed E-state index contributed by atoms with van der Waals surface area (Å²) < 4.78 is 5.67. The Hall–Kier alpha value is -3.35. The highest BCUT2D eigenvalue weighted by Gasteiger charge is 2.17. The summed E-state index contributed by atoms with van der Waals surface area (Å²) in [5.41, 5.74) is 1.45. The molecule has 0 amide bonds. The number of carboxylic acid groups (broad SMARTS) is 1. The van der Waals surface area contributed by atoms with Gasteiger partial charge in [0, 0.05) is 26.2 Å². The number of guanidine groups is 1. The Morgan fingerprint density at radius 2 is 1.90 bits per heavy atom. The second kappa shape index (κ2) is 8.57. The topological polar surface area (TPSA) is 95.1 Å². The van der Waals surface area contributed by atoms with Gasteiger partial charge in [-0.05, 0) is 49.6 Å². The summed E-state index contributed by atoms with van der Waals surface area (Å²) in [6.45, 7) is 6.11. The minimum absolute atomic E-state index is 0.138. The average Bonchev–Trinajstić information content (AvgIpc) is 2.79. The third-order valence-electron chi connectivity index (χ3n) is 5.51. The van der Waals surface area contributed by atoms with E-state index in [1.54, 1.807) is 49.4 Å². The van der Waals surface area contributed by atoms with Crippen LogP contribution in [0.2, 0.25) is 0 Å². The highest BCUT2D eigenvalue weighted by molar-refractivity contribution is 5.90. The lowest BCUT2D eigenvalue weighted by atomic mass is 9.99. The molecule has 2 aromatic carbocycles. The number of fused-ring (bicyclic) bond motifs is 3. The number of para-hydroxylation sites is 1. The predicted molar refractivity (Wildman–Crippen MR) is 117 cm³/mol. The van der Waals surface area contributed by atoms with Crippen LogP contribution in [-0.4, -0.2) is 48.1 Å². The lowest BCUT2D eigenvalue weighted by Gasteiger charge is -2.33. The van der Waals surface area contributed by atoms with Crippen LogP contribution in [0, 0.1) is 0 Å². The van der Waals surface area contributed by atoms with Gasteiger partial charge >= 0.3 is 5.97 Å². The number of nitrogens with zero attached hydrogens (tertiary/aromatic N) is 2. The molecule has 0 bridgehead atoms. The summed E-state index contributed by atoms with van der Waals surface area (Å²) in [5.74, 6) is -0.447. The van der Waals surface area contributed by atoms with Crippen LogP contribution in [0.15, 0.2) is 56.7 Å². The van der Waals surface area contributed by atoms with Gasteiger partial charge in [0.25, 0.3) is 0 Å². The maximum absolute atomic E-state index is 12.4. The molecule has 2 aliphatic heterocycles. The maximum atomic E-state index is 12.4. The smallest absolute Gasteiger partial charge is 0.310 e. The van der Waals surface area contributed by atoms with Gasteiger partial charge in [-0.3, -0.25) is 14.6 Å². The van der Waals surface area contributed by atoms with Gasteiger partial charge in [-0.25, -0.2) is 0 Å². The van der Waals surface area contributed by atoms with E-state index in [2.05, 4.69) is 15.2 Å². The molecule has 1 saturated heterocycles. The van der Waals surface area contributed by atoms with E-state index >= 15 is 0 Å². The van der Waals surface area contributed by atoms with Crippen LogP contribution < -0.4 is 10.7 Å². The van der Waals surface area contributed by atoms with Gasteiger partial charge in [-0.15, -0.1) is 0 Å². The molecule has 2 aliphatic rings. The minimum Gasteiger partial charge on any atom is -0.481 e. The zero-order valence-corrected chi connectivity index (χ0v) is 16.9. The molecule has 5 rings (SSSR count). The van der Waals surface area contributed by atoms with Crippen molar-refractivity contribution in [2.75, 3.05) is 26.2 Å². The van der Waals surface area contributed by atoms with E-state index in [1.807, 2.05) is 0 Å². The zero-order valence-electron chi connectivity index (χ0n) is 16.9. The van der Waals surface area contributed by atoms with E-state index in [1.165, 1.54) is 25.9 Å². The summed E-state index contributed by atoms with van der Waals surface area (Å²) in [6, 6.07) is 12.0. The van der Waals surface area contributed by atoms with Crippen molar-refractivity contribution in [1.82, 2.24) is 10.2 Å². The summed E-state index contributed by atoms with van der Waals surface area (Å²) in [5, 5.41) is 13.3. The number of hydrogen-bond acceptors (Lipinski definition) is 6. The third kappa shape index (κ3) is 4.01. The van der Waals surface area contributed by atoms with Crippen molar-refractivity contribution in [3.05, 3.63) is 58.3 Å². The Labute approximate surface area is 174 Å². The largest absolute Gasteiger partial charge is 0.481 e. The Morgan fingerprint density at radius 3 is 2.70 bits per heavy atom. The van der Waals surface area contributed by atoms with Crippen LogP contribution in [0.5, 0.6) is 0 Å². The quantitative estimate of drug-likeness (QED) is 0.634. The molecule has 1 aromatic heterocycles. The van der Waals surface area contributed by atoms with E-state index in [-0.39, 0.29) is 5.43 Å². The average molecular weight is 407 g/mol. The van der Waals surface area contributed by atoms with Crippen LogP contribution in [0.1, 0.15) is 31.2 Å². The standard InChI is InChI=1S/C16H12O4.C7H13N3/c1-9(16(18)19)10-6-7-14-12(8-10)15(17)11-4-2-3-5-13(11)20-14;1-3-8-7-9-4-2-6-10(7)5-1/h2-9H,1H3,(H,18,19);1-6H2,(H,8,9). The molecule has 0 spiro atoms. The van der Waals surface area contributed by atoms with Crippen LogP contribution >= 0.6 is 0 Å². The summed E-state index contributed by atoms with van der Waals surface area (Å²) >= 11 is 0. The SMILES string of the molecule is C1CN=C2NCCCN2C1.CC(C(=O)O)c1ccc2oc3ccccc3c(=O)c2c1.